The minimum Gasteiger partial charge on any atom is -0.458 e. The molecule has 41 heavy (non-hydrogen) atoms. The van der Waals surface area contributed by atoms with Crippen LogP contribution < -0.4 is 4.90 Å². The van der Waals surface area contributed by atoms with Crippen LogP contribution in [0.25, 0.3) is 0 Å². The van der Waals surface area contributed by atoms with Gasteiger partial charge in [0.05, 0.1) is 6.54 Å². The monoisotopic (exact) mass is 563 g/mol. The molecule has 1 aromatic rings. The Labute approximate surface area is 248 Å². The van der Waals surface area contributed by atoms with E-state index in [1.54, 1.807) is 0 Å². The Hall–Kier alpha value is -2.08. The number of anilines is 1. The number of benzene rings is 1. The first-order chi connectivity index (χ1) is 19.8. The molecule has 3 saturated heterocycles. The highest BCUT2D eigenvalue weighted by Gasteiger charge is 2.46. The van der Waals surface area contributed by atoms with E-state index in [1.165, 1.54) is 57.8 Å². The Morgan fingerprint density at radius 2 is 1.51 bits per heavy atom. The second kappa shape index (κ2) is 12.3. The second-order valence-electron chi connectivity index (χ2n) is 14.6. The van der Waals surface area contributed by atoms with E-state index < -0.39 is 11.6 Å². The third-order valence-electron chi connectivity index (χ3n) is 11.4. The van der Waals surface area contributed by atoms with Crippen LogP contribution in [0.15, 0.2) is 30.3 Å². The Kier molecular flexibility index (Phi) is 8.68. The number of nitrogens with zero attached hydrogens (tertiary/aromatic N) is 3. The van der Waals surface area contributed by atoms with E-state index in [9.17, 15) is 9.59 Å². The summed E-state index contributed by atoms with van der Waals surface area (Å²) >= 11 is 0. The second-order valence-corrected chi connectivity index (χ2v) is 14.6. The van der Waals surface area contributed by atoms with Gasteiger partial charge < -0.3 is 14.5 Å². The van der Waals surface area contributed by atoms with Gasteiger partial charge in [0.15, 0.2) is 0 Å². The minimum atomic E-state index is -0.507. The van der Waals surface area contributed by atoms with Crippen molar-refractivity contribution >= 4 is 17.6 Å². The van der Waals surface area contributed by atoms with E-state index in [2.05, 4.69) is 40.1 Å². The lowest BCUT2D eigenvalue weighted by atomic mass is 9.68. The first-order valence-corrected chi connectivity index (χ1v) is 16.9. The first-order valence-electron chi connectivity index (χ1n) is 16.9. The van der Waals surface area contributed by atoms with Gasteiger partial charge in [-0.15, -0.1) is 0 Å². The van der Waals surface area contributed by atoms with Crippen LogP contribution in [-0.2, 0) is 14.3 Å². The average Bonchev–Trinajstić information content (AvgIpc) is 3.46. The molecule has 6 nitrogen and oxygen atoms in total. The minimum absolute atomic E-state index is 0.0651. The maximum atomic E-state index is 14.0. The topological polar surface area (TPSA) is 53.1 Å². The molecule has 3 aliphatic heterocycles. The third-order valence-corrected chi connectivity index (χ3v) is 11.4. The smallest absolute Gasteiger partial charge is 0.329 e. The number of para-hydroxylation sites is 1. The van der Waals surface area contributed by atoms with Gasteiger partial charge in [0.1, 0.15) is 11.6 Å². The summed E-state index contributed by atoms with van der Waals surface area (Å²) in [4.78, 5) is 34.3. The molecule has 0 radical (unpaired) electrons. The van der Waals surface area contributed by atoms with Crippen LogP contribution in [0.3, 0.4) is 0 Å². The number of rotatable bonds is 8. The van der Waals surface area contributed by atoms with Crippen LogP contribution in [0.1, 0.15) is 111 Å². The molecule has 1 amide bonds. The molecule has 5 fully saturated rings. The highest BCUT2D eigenvalue weighted by molar-refractivity contribution is 5.88. The summed E-state index contributed by atoms with van der Waals surface area (Å²) in [6, 6.07) is 12.5. The molecule has 3 heterocycles. The number of carbonyl (C=O) groups excluding carboxylic acids is 2. The fraction of sp³-hybridized carbons (Fsp3) is 0.771. The largest absolute Gasteiger partial charge is 0.458 e. The number of piperidine rings is 2. The lowest BCUT2D eigenvalue weighted by molar-refractivity contribution is -0.164. The van der Waals surface area contributed by atoms with Crippen LogP contribution in [0.4, 0.5) is 5.69 Å². The highest BCUT2D eigenvalue weighted by atomic mass is 16.6. The van der Waals surface area contributed by atoms with Gasteiger partial charge in [-0.05, 0) is 102 Å². The summed E-state index contributed by atoms with van der Waals surface area (Å²) in [6.07, 6.45) is 17.2. The molecule has 6 rings (SSSR count). The summed E-state index contributed by atoms with van der Waals surface area (Å²) in [7, 11) is 0. The molecular formula is C35H53N3O3. The van der Waals surface area contributed by atoms with Crippen molar-refractivity contribution in [1.29, 1.82) is 0 Å². The highest BCUT2D eigenvalue weighted by Crippen LogP contribution is 2.46. The lowest BCUT2D eigenvalue weighted by Gasteiger charge is -2.56. The van der Waals surface area contributed by atoms with Crippen molar-refractivity contribution < 1.29 is 14.3 Å². The molecule has 4 bridgehead atoms. The average molecular weight is 564 g/mol. The van der Waals surface area contributed by atoms with Crippen molar-refractivity contribution in [3.63, 3.8) is 0 Å². The first kappa shape index (κ1) is 29.0. The van der Waals surface area contributed by atoms with Crippen LogP contribution >= 0.6 is 0 Å². The fourth-order valence-corrected chi connectivity index (χ4v) is 9.19. The zero-order valence-corrected chi connectivity index (χ0v) is 25.8. The van der Waals surface area contributed by atoms with E-state index in [4.69, 9.17) is 4.74 Å². The summed E-state index contributed by atoms with van der Waals surface area (Å²) < 4.78 is 5.85. The van der Waals surface area contributed by atoms with Crippen LogP contribution in [0.2, 0.25) is 0 Å². The number of amides is 1. The van der Waals surface area contributed by atoms with Gasteiger partial charge in [-0.2, -0.15) is 0 Å². The van der Waals surface area contributed by atoms with Gasteiger partial charge in [0, 0.05) is 36.4 Å². The number of fused-ring (bicyclic) bond motifs is 4. The van der Waals surface area contributed by atoms with E-state index in [1.807, 2.05) is 25.7 Å². The number of hydrogen-bond donors (Lipinski definition) is 0. The zero-order chi connectivity index (χ0) is 28.6. The summed E-state index contributed by atoms with van der Waals surface area (Å²) in [5, 5.41) is 0. The Bertz CT molecular complexity index is 1030. The molecule has 7 atom stereocenters. The van der Waals surface area contributed by atoms with Gasteiger partial charge in [-0.1, -0.05) is 50.8 Å². The van der Waals surface area contributed by atoms with E-state index in [0.717, 1.165) is 49.2 Å². The lowest BCUT2D eigenvalue weighted by Crippen LogP contribution is -2.62. The normalized spacial score (nSPS) is 33.8. The number of hydrogen-bond acceptors (Lipinski definition) is 5. The van der Waals surface area contributed by atoms with Gasteiger partial charge >= 0.3 is 5.97 Å². The number of likely N-dealkylation sites (tertiary alicyclic amines) is 1. The quantitative estimate of drug-likeness (QED) is 0.335. The Balaban J connectivity index is 1.18. The number of esters is 1. The molecule has 2 unspecified atom stereocenters. The molecular weight excluding hydrogens is 510 g/mol. The summed E-state index contributed by atoms with van der Waals surface area (Å²) in [5.41, 5.74) is 0.628. The molecule has 0 N–H and O–H groups in total. The molecule has 2 saturated carbocycles. The zero-order valence-electron chi connectivity index (χ0n) is 25.8. The van der Waals surface area contributed by atoms with Crippen LogP contribution in [0, 0.1) is 11.8 Å². The van der Waals surface area contributed by atoms with Gasteiger partial charge in [0.25, 0.3) is 0 Å². The van der Waals surface area contributed by atoms with Crippen molar-refractivity contribution in [3.05, 3.63) is 30.3 Å². The van der Waals surface area contributed by atoms with E-state index in [-0.39, 0.29) is 11.9 Å². The third kappa shape index (κ3) is 6.33. The maximum Gasteiger partial charge on any atom is 0.329 e. The molecule has 2 aliphatic carbocycles. The molecule has 5 aliphatic rings. The van der Waals surface area contributed by atoms with Crippen molar-refractivity contribution in [2.75, 3.05) is 18.0 Å². The van der Waals surface area contributed by atoms with E-state index in [0.29, 0.717) is 37.6 Å². The van der Waals surface area contributed by atoms with Crippen molar-refractivity contribution in [1.82, 2.24) is 9.80 Å². The Morgan fingerprint density at radius 1 is 0.854 bits per heavy atom. The molecule has 0 spiro atoms. The molecule has 1 aromatic carbocycles. The predicted octanol–water partition coefficient (Wildman–Crippen LogP) is 6.57. The van der Waals surface area contributed by atoms with E-state index >= 15 is 0 Å². The standard InChI is InChI=1S/C35H53N3O3/c1-4-35(2,3)41-34(40)32-17-10-18-36(32)33(39)24-37(27-13-6-5-7-14-27)30-22-28-15-9-16-29(23-30)38(28)31-20-25-11-8-12-26(19-25)21-31/h5-7,13-14,25-26,28-32H,4,8-12,15-24H2,1-3H3/t25-,26+,28-,29+,30?,31?,32-/m0/s1. The predicted molar refractivity (Wildman–Crippen MR) is 164 cm³/mol. The molecule has 6 heteroatoms. The molecule has 0 aromatic heterocycles. The number of carbonyl (C=O) groups is 2. The molecule has 226 valence electrons. The van der Waals surface area contributed by atoms with Gasteiger partial charge in [-0.25, -0.2) is 4.79 Å². The summed E-state index contributed by atoms with van der Waals surface area (Å²) in [5.74, 6) is 1.73. The Morgan fingerprint density at radius 3 is 2.17 bits per heavy atom. The van der Waals surface area contributed by atoms with Crippen molar-refractivity contribution in [3.8, 4) is 0 Å². The van der Waals surface area contributed by atoms with Gasteiger partial charge in [-0.3, -0.25) is 9.69 Å². The fourth-order valence-electron chi connectivity index (χ4n) is 9.19. The van der Waals surface area contributed by atoms with Crippen LogP contribution in [0.5, 0.6) is 0 Å². The summed E-state index contributed by atoms with van der Waals surface area (Å²) in [6.45, 7) is 6.91. The van der Waals surface area contributed by atoms with Crippen LogP contribution in [-0.4, -0.2) is 70.6 Å². The SMILES string of the molecule is CCC(C)(C)OC(=O)[C@@H]1CCCN1C(=O)CN(c1ccccc1)C1C[C@H]2CCC[C@@H](C1)N2C1C[C@H]2CCC[C@@H](C1)C2. The van der Waals surface area contributed by atoms with Gasteiger partial charge in [0.2, 0.25) is 5.91 Å². The maximum absolute atomic E-state index is 14.0. The number of ether oxygens (including phenoxy) is 1. The van der Waals surface area contributed by atoms with Crippen molar-refractivity contribution in [2.24, 2.45) is 11.8 Å². The van der Waals surface area contributed by atoms with Crippen molar-refractivity contribution in [2.45, 2.75) is 146 Å².